The van der Waals surface area contributed by atoms with E-state index in [2.05, 4.69) is 14.8 Å². The summed E-state index contributed by atoms with van der Waals surface area (Å²) in [6.45, 7) is 1.93. The molecule has 0 fully saturated rings. The van der Waals surface area contributed by atoms with Crippen LogP contribution >= 0.6 is 22.9 Å². The lowest BCUT2D eigenvalue weighted by Gasteiger charge is -2.23. The van der Waals surface area contributed by atoms with Gasteiger partial charge in [0.05, 0.1) is 21.8 Å². The Morgan fingerprint density at radius 2 is 1.91 bits per heavy atom. The maximum Gasteiger partial charge on any atom is 0.345 e. The normalized spacial score (nSPS) is 15.3. The van der Waals surface area contributed by atoms with Crippen molar-refractivity contribution in [3.05, 3.63) is 69.7 Å². The van der Waals surface area contributed by atoms with Gasteiger partial charge >= 0.3 is 10.2 Å². The van der Waals surface area contributed by atoms with Crippen LogP contribution in [0.3, 0.4) is 0 Å². The molecule has 0 unspecified atom stereocenters. The summed E-state index contributed by atoms with van der Waals surface area (Å²) in [7, 11) is -1.05. The number of hydrogen-bond acceptors (Lipinski definition) is 5. The Morgan fingerprint density at radius 1 is 1.19 bits per heavy atom. The van der Waals surface area contributed by atoms with E-state index >= 15 is 0 Å². The number of rotatable bonds is 4. The van der Waals surface area contributed by atoms with Crippen LogP contribution in [0.25, 0.3) is 10.4 Å². The highest BCUT2D eigenvalue weighted by Gasteiger charge is 2.30. The minimum atomic E-state index is -4.12. The molecule has 1 aliphatic heterocycles. The number of carbonyl (C=O) groups is 1. The second kappa shape index (κ2) is 8.15. The van der Waals surface area contributed by atoms with E-state index in [0.29, 0.717) is 4.88 Å². The Kier molecular flexibility index (Phi) is 5.65. The highest BCUT2D eigenvalue weighted by atomic mass is 35.5. The quantitative estimate of drug-likeness (QED) is 0.598. The molecule has 1 amide bonds. The zero-order chi connectivity index (χ0) is 23.2. The lowest BCUT2D eigenvalue weighted by molar-refractivity contribution is -0.113. The van der Waals surface area contributed by atoms with E-state index in [1.807, 2.05) is 20.0 Å². The summed E-state index contributed by atoms with van der Waals surface area (Å²) in [6, 6.07) is 7.27. The molecule has 0 atom stereocenters. The molecule has 0 aliphatic carbocycles. The monoisotopic (exact) mass is 493 g/mol. The lowest BCUT2D eigenvalue weighted by Crippen LogP contribution is -2.35. The maximum atomic E-state index is 13.4. The molecule has 0 radical (unpaired) electrons. The van der Waals surface area contributed by atoms with Gasteiger partial charge in [-0.2, -0.15) is 13.5 Å². The Hall–Kier alpha value is -3.02. The average Bonchev–Trinajstić information content (AvgIpc) is 3.34. The molecule has 1 aliphatic rings. The molecular weight excluding hydrogens is 477 g/mol. The number of aromatic nitrogens is 2. The first-order valence-electron chi connectivity index (χ1n) is 9.23. The number of nitrogens with one attached hydrogen (secondary N) is 1. The first-order valence-corrected chi connectivity index (χ1v) is 11.8. The van der Waals surface area contributed by atoms with E-state index in [-0.39, 0.29) is 22.1 Å². The van der Waals surface area contributed by atoms with Gasteiger partial charge in [-0.15, -0.1) is 15.7 Å². The summed E-state index contributed by atoms with van der Waals surface area (Å²) >= 11 is 7.10. The fourth-order valence-corrected chi connectivity index (χ4v) is 5.18. The Morgan fingerprint density at radius 3 is 2.56 bits per heavy atom. The molecular formula is C20H17ClFN5O3S2. The van der Waals surface area contributed by atoms with Crippen molar-refractivity contribution in [3.8, 4) is 10.4 Å². The van der Waals surface area contributed by atoms with Crippen LogP contribution in [0.15, 0.2) is 52.7 Å². The maximum absolute atomic E-state index is 13.4. The fraction of sp³-hybridized carbons (Fsp3) is 0.150. The summed E-state index contributed by atoms with van der Waals surface area (Å²) < 4.78 is 45.0. The number of anilines is 1. The zero-order valence-corrected chi connectivity index (χ0v) is 19.5. The molecule has 0 spiro atoms. The van der Waals surface area contributed by atoms with E-state index in [1.165, 1.54) is 36.6 Å². The number of amides is 1. The standard InChI is InChI=1S/C20H17ClFN5O3S2/c1-11-13(10-23-26(11)2)18-6-7-19(31-18)16-9-17(27(3)32(29,30)25-16)20(28)24-12-4-5-15(22)14(21)8-12/h4-10H,1-3H3,(H,24,28). The van der Waals surface area contributed by atoms with Crippen LogP contribution < -0.4 is 5.32 Å². The second-order valence-corrected chi connectivity index (χ2v) is 10.1. The van der Waals surface area contributed by atoms with E-state index in [0.717, 1.165) is 26.5 Å². The number of nitrogens with zero attached hydrogens (tertiary/aromatic N) is 4. The molecule has 1 aromatic carbocycles. The fourth-order valence-electron chi connectivity index (χ4n) is 3.01. The van der Waals surface area contributed by atoms with Crippen molar-refractivity contribution in [2.24, 2.45) is 11.4 Å². The molecule has 4 rings (SSSR count). The molecule has 0 bridgehead atoms. The van der Waals surface area contributed by atoms with Crippen molar-refractivity contribution in [1.29, 1.82) is 0 Å². The number of thiophene rings is 1. The molecule has 0 saturated carbocycles. The zero-order valence-electron chi connectivity index (χ0n) is 17.1. The van der Waals surface area contributed by atoms with Gasteiger partial charge in [-0.25, -0.2) is 8.70 Å². The lowest BCUT2D eigenvalue weighted by atomic mass is 10.2. The molecule has 2 aromatic heterocycles. The summed E-state index contributed by atoms with van der Waals surface area (Å²) in [4.78, 5) is 14.3. The molecule has 3 heterocycles. The van der Waals surface area contributed by atoms with Crippen LogP contribution in [0, 0.1) is 12.7 Å². The van der Waals surface area contributed by atoms with Gasteiger partial charge in [-0.1, -0.05) is 11.6 Å². The second-order valence-electron chi connectivity index (χ2n) is 6.97. The van der Waals surface area contributed by atoms with Crippen LogP contribution in [0.5, 0.6) is 0 Å². The molecule has 1 N–H and O–H groups in total. The number of likely N-dealkylation sites (N-methyl/N-ethyl adjacent to an activating group) is 1. The predicted octanol–water partition coefficient (Wildman–Crippen LogP) is 3.75. The van der Waals surface area contributed by atoms with Crippen molar-refractivity contribution in [3.63, 3.8) is 0 Å². The SMILES string of the molecule is Cc1c(-c2ccc(C3=NS(=O)(=O)N(C)C(C(=O)Nc4ccc(F)c(Cl)c4)=C3)s2)cnn1C. The molecule has 32 heavy (non-hydrogen) atoms. The number of benzene rings is 1. The van der Waals surface area contributed by atoms with Gasteiger partial charge in [0.2, 0.25) is 0 Å². The van der Waals surface area contributed by atoms with Crippen molar-refractivity contribution in [2.45, 2.75) is 6.92 Å². The number of halogens is 2. The third-order valence-electron chi connectivity index (χ3n) is 4.94. The van der Waals surface area contributed by atoms with Gasteiger partial charge in [0.15, 0.2) is 0 Å². The topological polar surface area (TPSA) is 96.7 Å². The van der Waals surface area contributed by atoms with Gasteiger partial charge < -0.3 is 5.32 Å². The highest BCUT2D eigenvalue weighted by molar-refractivity contribution is 7.88. The molecule has 3 aromatic rings. The first kappa shape index (κ1) is 22.2. The first-order chi connectivity index (χ1) is 15.1. The Labute approximate surface area is 192 Å². The summed E-state index contributed by atoms with van der Waals surface area (Å²) in [5.41, 5.74) is 2.12. The number of aryl methyl sites for hydroxylation is 1. The molecule has 12 heteroatoms. The number of allylic oxidation sites excluding steroid dienone is 1. The Balaban J connectivity index is 1.68. The third kappa shape index (κ3) is 4.06. The predicted molar refractivity (Wildman–Crippen MR) is 123 cm³/mol. The number of carbonyl (C=O) groups excluding carboxylic acids is 1. The average molecular weight is 494 g/mol. The van der Waals surface area contributed by atoms with Gasteiger partial charge in [-0.05, 0) is 43.3 Å². The van der Waals surface area contributed by atoms with Crippen molar-refractivity contribution < 1.29 is 17.6 Å². The van der Waals surface area contributed by atoms with Gasteiger partial charge in [0.1, 0.15) is 11.5 Å². The van der Waals surface area contributed by atoms with Crippen molar-refractivity contribution in [1.82, 2.24) is 14.1 Å². The molecule has 166 valence electrons. The number of hydrogen-bond donors (Lipinski definition) is 1. The van der Waals surface area contributed by atoms with Crippen molar-refractivity contribution in [2.75, 3.05) is 12.4 Å². The van der Waals surface area contributed by atoms with Gasteiger partial charge in [0, 0.05) is 35.9 Å². The van der Waals surface area contributed by atoms with Crippen LogP contribution in [0.1, 0.15) is 10.6 Å². The van der Waals surface area contributed by atoms with Gasteiger partial charge in [-0.3, -0.25) is 9.48 Å². The third-order valence-corrected chi connectivity index (χ3v) is 7.69. The molecule has 0 saturated heterocycles. The minimum Gasteiger partial charge on any atom is -0.321 e. The highest BCUT2D eigenvalue weighted by Crippen LogP contribution is 2.32. The smallest absolute Gasteiger partial charge is 0.321 e. The van der Waals surface area contributed by atoms with Gasteiger partial charge in [0.25, 0.3) is 5.91 Å². The minimum absolute atomic E-state index is 0.136. The summed E-state index contributed by atoms with van der Waals surface area (Å²) in [5.74, 6) is -1.33. The summed E-state index contributed by atoms with van der Waals surface area (Å²) in [5, 5.41) is 6.59. The van der Waals surface area contributed by atoms with E-state index in [4.69, 9.17) is 11.6 Å². The largest absolute Gasteiger partial charge is 0.345 e. The van der Waals surface area contributed by atoms with E-state index in [9.17, 15) is 17.6 Å². The van der Waals surface area contributed by atoms with Crippen LogP contribution in [-0.4, -0.2) is 41.2 Å². The molecule has 8 nitrogen and oxygen atoms in total. The van der Waals surface area contributed by atoms with Crippen LogP contribution in [0.4, 0.5) is 10.1 Å². The summed E-state index contributed by atoms with van der Waals surface area (Å²) in [6.07, 6.45) is 3.13. The van der Waals surface area contributed by atoms with Crippen molar-refractivity contribution >= 4 is 50.5 Å². The Bertz CT molecular complexity index is 1410. The van der Waals surface area contributed by atoms with Crippen LogP contribution in [-0.2, 0) is 22.1 Å². The van der Waals surface area contributed by atoms with E-state index < -0.39 is 21.9 Å². The van der Waals surface area contributed by atoms with E-state index in [1.54, 1.807) is 16.9 Å². The van der Waals surface area contributed by atoms with Crippen LogP contribution in [0.2, 0.25) is 5.02 Å².